The maximum Gasteiger partial charge on any atom is 0.333 e. The summed E-state index contributed by atoms with van der Waals surface area (Å²) in [5.74, 6) is 0.353. The van der Waals surface area contributed by atoms with E-state index < -0.39 is 0 Å². The average Bonchev–Trinajstić information content (AvgIpc) is 2.44. The second kappa shape index (κ2) is 8.43. The molecule has 0 aliphatic carbocycles. The molecule has 0 saturated carbocycles. The molecule has 0 aromatic heterocycles. The summed E-state index contributed by atoms with van der Waals surface area (Å²) in [5.41, 5.74) is 1.47. The molecule has 20 heavy (non-hydrogen) atoms. The highest BCUT2D eigenvalue weighted by atomic mass is 32.2. The van der Waals surface area contributed by atoms with Gasteiger partial charge in [-0.1, -0.05) is 13.0 Å². The van der Waals surface area contributed by atoms with Gasteiger partial charge in [-0.3, -0.25) is 4.79 Å². The third-order valence-electron chi connectivity index (χ3n) is 2.58. The van der Waals surface area contributed by atoms with Gasteiger partial charge in [-0.15, -0.1) is 11.8 Å². The molecular formula is C15H19NO3S. The largest absolute Gasteiger partial charge is 0.466 e. The van der Waals surface area contributed by atoms with Crippen LogP contribution in [0.25, 0.3) is 0 Å². The number of carbonyl (C=O) groups is 2. The highest BCUT2D eigenvalue weighted by molar-refractivity contribution is 7.99. The molecule has 1 amide bonds. The van der Waals surface area contributed by atoms with Crippen molar-refractivity contribution in [2.24, 2.45) is 0 Å². The lowest BCUT2D eigenvalue weighted by Crippen LogP contribution is -2.05. The molecule has 0 heterocycles. The summed E-state index contributed by atoms with van der Waals surface area (Å²) >= 11 is 1.62. The number of amides is 1. The van der Waals surface area contributed by atoms with E-state index in [9.17, 15) is 9.59 Å². The Kier molecular flexibility index (Phi) is 6.87. The quantitative estimate of drug-likeness (QED) is 0.497. The van der Waals surface area contributed by atoms with Crippen molar-refractivity contribution >= 4 is 29.3 Å². The Balaban J connectivity index is 2.55. The lowest BCUT2D eigenvalue weighted by atomic mass is 10.2. The number of benzene rings is 1. The second-order valence-electron chi connectivity index (χ2n) is 4.09. The zero-order chi connectivity index (χ0) is 15.0. The molecule has 0 unspecified atom stereocenters. The standard InChI is InChI=1S/C15H19NO3S/c1-4-12(15(18)19-3)9-10-20-14-7-5-13(6-8-14)16-11(2)17/h5-9H,4,10H2,1-3H3,(H,16,17). The molecule has 108 valence electrons. The average molecular weight is 293 g/mol. The molecule has 0 aliphatic heterocycles. The zero-order valence-corrected chi connectivity index (χ0v) is 12.8. The van der Waals surface area contributed by atoms with Gasteiger partial charge in [0.2, 0.25) is 5.91 Å². The number of hydrogen-bond acceptors (Lipinski definition) is 4. The second-order valence-corrected chi connectivity index (χ2v) is 5.18. The van der Waals surface area contributed by atoms with Crippen LogP contribution in [0.3, 0.4) is 0 Å². The fraction of sp³-hybridized carbons (Fsp3) is 0.333. The molecule has 0 fully saturated rings. The van der Waals surface area contributed by atoms with Gasteiger partial charge in [0.15, 0.2) is 0 Å². The summed E-state index contributed by atoms with van der Waals surface area (Å²) in [4.78, 5) is 23.4. The number of thioether (sulfide) groups is 1. The van der Waals surface area contributed by atoms with Gasteiger partial charge < -0.3 is 10.1 Å². The number of nitrogens with one attached hydrogen (secondary N) is 1. The van der Waals surface area contributed by atoms with Gasteiger partial charge in [0, 0.05) is 28.8 Å². The van der Waals surface area contributed by atoms with Crippen LogP contribution in [-0.4, -0.2) is 24.7 Å². The number of ether oxygens (including phenoxy) is 1. The minimum absolute atomic E-state index is 0.0843. The molecule has 0 spiro atoms. The van der Waals surface area contributed by atoms with Gasteiger partial charge in [0.1, 0.15) is 0 Å². The number of esters is 1. The van der Waals surface area contributed by atoms with Crippen LogP contribution in [0, 0.1) is 0 Å². The van der Waals surface area contributed by atoms with E-state index in [2.05, 4.69) is 5.32 Å². The Labute approximate surface area is 123 Å². The fourth-order valence-electron chi connectivity index (χ4n) is 1.58. The first-order valence-electron chi connectivity index (χ1n) is 6.34. The molecule has 5 heteroatoms. The summed E-state index contributed by atoms with van der Waals surface area (Å²) < 4.78 is 4.70. The summed E-state index contributed by atoms with van der Waals surface area (Å²) in [6, 6.07) is 7.59. The first-order chi connectivity index (χ1) is 9.56. The predicted octanol–water partition coefficient (Wildman–Crippen LogP) is 3.25. The van der Waals surface area contributed by atoms with E-state index in [-0.39, 0.29) is 11.9 Å². The monoisotopic (exact) mass is 293 g/mol. The Morgan fingerprint density at radius 2 is 1.95 bits per heavy atom. The minimum Gasteiger partial charge on any atom is -0.466 e. The van der Waals surface area contributed by atoms with Crippen molar-refractivity contribution in [3.63, 3.8) is 0 Å². The lowest BCUT2D eigenvalue weighted by Gasteiger charge is -2.04. The Bertz CT molecular complexity index is 494. The van der Waals surface area contributed by atoms with Gasteiger partial charge in [0.05, 0.1) is 7.11 Å². The predicted molar refractivity (Wildman–Crippen MR) is 81.9 cm³/mol. The van der Waals surface area contributed by atoms with Crippen molar-refractivity contribution in [3.05, 3.63) is 35.9 Å². The third-order valence-corrected chi connectivity index (χ3v) is 3.52. The summed E-state index contributed by atoms with van der Waals surface area (Å²) in [5, 5.41) is 2.72. The first-order valence-corrected chi connectivity index (χ1v) is 7.33. The van der Waals surface area contributed by atoms with Crippen molar-refractivity contribution in [3.8, 4) is 0 Å². The number of methoxy groups -OCH3 is 1. The van der Waals surface area contributed by atoms with E-state index in [0.717, 1.165) is 10.6 Å². The third kappa shape index (κ3) is 5.48. The van der Waals surface area contributed by atoms with Crippen LogP contribution in [0.5, 0.6) is 0 Å². The van der Waals surface area contributed by atoms with Gasteiger partial charge in [-0.05, 0) is 30.7 Å². The topological polar surface area (TPSA) is 55.4 Å². The zero-order valence-electron chi connectivity index (χ0n) is 11.9. The fourth-order valence-corrected chi connectivity index (χ4v) is 2.38. The lowest BCUT2D eigenvalue weighted by molar-refractivity contribution is -0.136. The van der Waals surface area contributed by atoms with Crippen LogP contribution in [0.2, 0.25) is 0 Å². The van der Waals surface area contributed by atoms with E-state index >= 15 is 0 Å². The SMILES string of the molecule is CCC(=CCSc1ccc(NC(C)=O)cc1)C(=O)OC. The van der Waals surface area contributed by atoms with E-state index in [4.69, 9.17) is 4.74 Å². The molecule has 0 atom stereocenters. The van der Waals surface area contributed by atoms with E-state index in [1.54, 1.807) is 11.8 Å². The molecule has 0 radical (unpaired) electrons. The Morgan fingerprint density at radius 1 is 1.30 bits per heavy atom. The van der Waals surface area contributed by atoms with Crippen LogP contribution in [0.1, 0.15) is 20.3 Å². The molecule has 0 saturated heterocycles. The number of anilines is 1. The van der Waals surface area contributed by atoms with E-state index in [1.807, 2.05) is 37.3 Å². The van der Waals surface area contributed by atoms with Crippen molar-refractivity contribution in [1.82, 2.24) is 0 Å². The molecule has 1 N–H and O–H groups in total. The summed E-state index contributed by atoms with van der Waals surface area (Å²) in [6.07, 6.45) is 2.55. The van der Waals surface area contributed by atoms with Crippen LogP contribution >= 0.6 is 11.8 Å². The smallest absolute Gasteiger partial charge is 0.333 e. The Morgan fingerprint density at radius 3 is 2.45 bits per heavy atom. The van der Waals surface area contributed by atoms with Gasteiger partial charge >= 0.3 is 5.97 Å². The van der Waals surface area contributed by atoms with E-state index in [0.29, 0.717) is 17.7 Å². The van der Waals surface area contributed by atoms with E-state index in [1.165, 1.54) is 14.0 Å². The molecule has 0 aliphatic rings. The van der Waals surface area contributed by atoms with Gasteiger partial charge in [-0.25, -0.2) is 4.79 Å². The van der Waals surface area contributed by atoms with Crippen molar-refractivity contribution in [2.75, 3.05) is 18.2 Å². The number of carbonyl (C=O) groups excluding carboxylic acids is 2. The molecule has 1 aromatic carbocycles. The molecule has 0 bridgehead atoms. The molecule has 1 aromatic rings. The normalized spacial score (nSPS) is 11.1. The maximum absolute atomic E-state index is 11.4. The highest BCUT2D eigenvalue weighted by Crippen LogP contribution is 2.21. The Hall–Kier alpha value is -1.75. The molecular weight excluding hydrogens is 274 g/mol. The summed E-state index contributed by atoms with van der Waals surface area (Å²) in [7, 11) is 1.39. The number of rotatable bonds is 6. The number of hydrogen-bond donors (Lipinski definition) is 1. The van der Waals surface area contributed by atoms with Crippen LogP contribution in [0.4, 0.5) is 5.69 Å². The van der Waals surface area contributed by atoms with Crippen molar-refractivity contribution in [1.29, 1.82) is 0 Å². The van der Waals surface area contributed by atoms with Crippen molar-refractivity contribution < 1.29 is 14.3 Å². The van der Waals surface area contributed by atoms with Crippen molar-refractivity contribution in [2.45, 2.75) is 25.2 Å². The van der Waals surface area contributed by atoms with Gasteiger partial charge in [-0.2, -0.15) is 0 Å². The van der Waals surface area contributed by atoms with Crippen LogP contribution < -0.4 is 5.32 Å². The molecule has 1 rings (SSSR count). The first kappa shape index (κ1) is 16.3. The molecule has 4 nitrogen and oxygen atoms in total. The maximum atomic E-state index is 11.4. The highest BCUT2D eigenvalue weighted by Gasteiger charge is 2.06. The van der Waals surface area contributed by atoms with Gasteiger partial charge in [0.25, 0.3) is 0 Å². The minimum atomic E-state index is -0.269. The van der Waals surface area contributed by atoms with Crippen LogP contribution in [0.15, 0.2) is 40.8 Å². The van der Waals surface area contributed by atoms with Crippen LogP contribution in [-0.2, 0) is 14.3 Å². The summed E-state index contributed by atoms with van der Waals surface area (Å²) in [6.45, 7) is 3.40.